The monoisotopic (exact) mass is 447 g/mol. The molecule has 0 radical (unpaired) electrons. The minimum absolute atomic E-state index is 0.132. The summed E-state index contributed by atoms with van der Waals surface area (Å²) in [7, 11) is 0. The first-order chi connectivity index (χ1) is 12.5. The lowest BCUT2D eigenvalue weighted by molar-refractivity contribution is -0.121. The zero-order valence-corrected chi connectivity index (χ0v) is 17.1. The molecule has 2 rings (SSSR count). The third-order valence-electron chi connectivity index (χ3n) is 4.16. The van der Waals surface area contributed by atoms with Crippen LogP contribution in [0.15, 0.2) is 22.8 Å². The molecule has 1 aliphatic carbocycles. The number of alkyl carbamates (subject to hydrolysis) is 1. The van der Waals surface area contributed by atoms with Crippen LogP contribution in [-0.4, -0.2) is 34.5 Å². The standard InChI is InChI=1S/C18H24BrF2N3O3/c1-17(2,3)27-16(26)24-14(11-4-7-18(20,21)8-5-11)15(25)23-13-10-12(19)6-9-22-13/h6,9-11,14H,4-5,7-8H2,1-3H3,(H,24,26)(H,22,23,25)/t14-/m0/s1. The molecule has 150 valence electrons. The van der Waals surface area contributed by atoms with E-state index in [1.165, 1.54) is 6.20 Å². The summed E-state index contributed by atoms with van der Waals surface area (Å²) >= 11 is 3.29. The fraction of sp³-hybridized carbons (Fsp3) is 0.611. The maximum absolute atomic E-state index is 13.5. The first-order valence-corrected chi connectivity index (χ1v) is 9.54. The summed E-state index contributed by atoms with van der Waals surface area (Å²) in [4.78, 5) is 29.0. The molecule has 1 fully saturated rings. The Hall–Kier alpha value is -1.77. The summed E-state index contributed by atoms with van der Waals surface area (Å²) in [5, 5.41) is 5.18. The molecule has 1 aliphatic rings. The number of ether oxygens (including phenoxy) is 1. The van der Waals surface area contributed by atoms with Crippen molar-refractivity contribution in [2.45, 2.75) is 64.0 Å². The van der Waals surface area contributed by atoms with Gasteiger partial charge in [-0.15, -0.1) is 0 Å². The van der Waals surface area contributed by atoms with Crippen molar-refractivity contribution in [1.82, 2.24) is 10.3 Å². The largest absolute Gasteiger partial charge is 0.444 e. The highest BCUT2D eigenvalue weighted by atomic mass is 79.9. The second-order valence-electron chi connectivity index (χ2n) is 7.67. The average molecular weight is 448 g/mol. The van der Waals surface area contributed by atoms with Crippen molar-refractivity contribution in [3.05, 3.63) is 22.8 Å². The van der Waals surface area contributed by atoms with Crippen LogP contribution in [0.25, 0.3) is 0 Å². The molecule has 2 N–H and O–H groups in total. The van der Waals surface area contributed by atoms with Gasteiger partial charge < -0.3 is 15.4 Å². The summed E-state index contributed by atoms with van der Waals surface area (Å²) in [6.07, 6.45) is 0.387. The van der Waals surface area contributed by atoms with Gasteiger partial charge in [-0.3, -0.25) is 4.79 Å². The smallest absolute Gasteiger partial charge is 0.408 e. The number of rotatable bonds is 4. The first-order valence-electron chi connectivity index (χ1n) is 8.75. The SMILES string of the molecule is CC(C)(C)OC(=O)N[C@H](C(=O)Nc1cc(Br)ccn1)C1CCC(F)(F)CC1. The molecular weight excluding hydrogens is 424 g/mol. The van der Waals surface area contributed by atoms with Crippen molar-refractivity contribution in [2.24, 2.45) is 5.92 Å². The van der Waals surface area contributed by atoms with Gasteiger partial charge in [0.15, 0.2) is 0 Å². The van der Waals surface area contributed by atoms with E-state index in [4.69, 9.17) is 4.74 Å². The minimum atomic E-state index is -2.73. The number of aromatic nitrogens is 1. The van der Waals surface area contributed by atoms with Crippen molar-refractivity contribution in [2.75, 3.05) is 5.32 Å². The van der Waals surface area contributed by atoms with E-state index in [0.29, 0.717) is 5.82 Å². The molecule has 9 heteroatoms. The predicted octanol–water partition coefficient (Wildman–Crippen LogP) is 4.50. The quantitative estimate of drug-likeness (QED) is 0.711. The highest BCUT2D eigenvalue weighted by Crippen LogP contribution is 2.37. The normalized spacial score (nSPS) is 18.4. The summed E-state index contributed by atoms with van der Waals surface area (Å²) in [6, 6.07) is 2.32. The van der Waals surface area contributed by atoms with E-state index in [-0.39, 0.29) is 25.7 Å². The predicted molar refractivity (Wildman–Crippen MR) is 101 cm³/mol. The molecule has 1 heterocycles. The second kappa shape index (κ2) is 8.50. The van der Waals surface area contributed by atoms with Crippen LogP contribution in [0.5, 0.6) is 0 Å². The Kier molecular flexibility index (Phi) is 6.77. The van der Waals surface area contributed by atoms with Gasteiger partial charge in [-0.25, -0.2) is 18.6 Å². The zero-order valence-electron chi connectivity index (χ0n) is 15.5. The van der Waals surface area contributed by atoms with Crippen LogP contribution in [0.2, 0.25) is 0 Å². The number of nitrogens with zero attached hydrogens (tertiary/aromatic N) is 1. The Balaban J connectivity index is 2.13. The number of pyridine rings is 1. The number of amides is 2. The van der Waals surface area contributed by atoms with Crippen LogP contribution >= 0.6 is 15.9 Å². The first kappa shape index (κ1) is 21.5. The van der Waals surface area contributed by atoms with Crippen molar-refractivity contribution in [3.8, 4) is 0 Å². The molecule has 1 aromatic rings. The van der Waals surface area contributed by atoms with Crippen LogP contribution in [-0.2, 0) is 9.53 Å². The van der Waals surface area contributed by atoms with Crippen molar-refractivity contribution in [1.29, 1.82) is 0 Å². The van der Waals surface area contributed by atoms with Gasteiger partial charge >= 0.3 is 6.09 Å². The van der Waals surface area contributed by atoms with Gasteiger partial charge in [0.1, 0.15) is 17.5 Å². The fourth-order valence-corrected chi connectivity index (χ4v) is 3.24. The molecule has 0 unspecified atom stereocenters. The molecule has 1 saturated carbocycles. The molecule has 6 nitrogen and oxygen atoms in total. The van der Waals surface area contributed by atoms with Crippen LogP contribution < -0.4 is 10.6 Å². The van der Waals surface area contributed by atoms with Crippen molar-refractivity contribution >= 4 is 33.7 Å². The number of nitrogens with one attached hydrogen (secondary N) is 2. The lowest BCUT2D eigenvalue weighted by Gasteiger charge is -2.33. The van der Waals surface area contributed by atoms with Crippen molar-refractivity contribution < 1.29 is 23.1 Å². The lowest BCUT2D eigenvalue weighted by atomic mass is 9.81. The van der Waals surface area contributed by atoms with Crippen LogP contribution in [0.4, 0.5) is 19.4 Å². The number of hydrogen-bond donors (Lipinski definition) is 2. The van der Waals surface area contributed by atoms with E-state index < -0.39 is 35.5 Å². The highest BCUT2D eigenvalue weighted by molar-refractivity contribution is 9.10. The number of hydrogen-bond acceptors (Lipinski definition) is 4. The van der Waals surface area contributed by atoms with Gasteiger partial charge in [0.05, 0.1) is 0 Å². The van der Waals surface area contributed by atoms with E-state index in [1.807, 2.05) is 0 Å². The van der Waals surface area contributed by atoms with Gasteiger partial charge in [0, 0.05) is 23.5 Å². The number of carbonyl (C=O) groups is 2. The zero-order chi connectivity index (χ0) is 20.2. The number of alkyl halides is 2. The van der Waals surface area contributed by atoms with Crippen LogP contribution in [0.1, 0.15) is 46.5 Å². The van der Waals surface area contributed by atoms with Gasteiger partial charge in [-0.2, -0.15) is 0 Å². The van der Waals surface area contributed by atoms with Crippen molar-refractivity contribution in [3.63, 3.8) is 0 Å². The van der Waals surface area contributed by atoms with Crippen LogP contribution in [0, 0.1) is 5.92 Å². The highest BCUT2D eigenvalue weighted by Gasteiger charge is 2.40. The van der Waals surface area contributed by atoms with E-state index in [1.54, 1.807) is 32.9 Å². The molecule has 2 amide bonds. The van der Waals surface area contributed by atoms with E-state index in [9.17, 15) is 18.4 Å². The van der Waals surface area contributed by atoms with Gasteiger partial charge in [-0.1, -0.05) is 15.9 Å². The molecular formula is C18H24BrF2N3O3. The Labute approximate surface area is 165 Å². The Bertz CT molecular complexity index is 685. The van der Waals surface area contributed by atoms with Gasteiger partial charge in [0.25, 0.3) is 0 Å². The average Bonchev–Trinajstić information content (AvgIpc) is 2.51. The molecule has 1 aromatic heterocycles. The second-order valence-corrected chi connectivity index (χ2v) is 8.58. The van der Waals surface area contributed by atoms with E-state index in [0.717, 1.165) is 4.47 Å². The minimum Gasteiger partial charge on any atom is -0.444 e. The Morgan fingerprint density at radius 3 is 2.52 bits per heavy atom. The summed E-state index contributed by atoms with van der Waals surface area (Å²) in [6.45, 7) is 5.11. The topological polar surface area (TPSA) is 80.3 Å². The Morgan fingerprint density at radius 1 is 1.33 bits per heavy atom. The number of carbonyl (C=O) groups excluding carboxylic acids is 2. The number of anilines is 1. The third kappa shape index (κ3) is 7.04. The summed E-state index contributed by atoms with van der Waals surface area (Å²) in [5.74, 6) is -3.35. The molecule has 0 spiro atoms. The van der Waals surface area contributed by atoms with E-state index >= 15 is 0 Å². The molecule has 1 atom stereocenters. The Morgan fingerprint density at radius 2 is 1.96 bits per heavy atom. The van der Waals surface area contributed by atoms with Crippen LogP contribution in [0.3, 0.4) is 0 Å². The van der Waals surface area contributed by atoms with Gasteiger partial charge in [-0.05, 0) is 51.7 Å². The maximum Gasteiger partial charge on any atom is 0.408 e. The van der Waals surface area contributed by atoms with Gasteiger partial charge in [0.2, 0.25) is 11.8 Å². The van der Waals surface area contributed by atoms with E-state index in [2.05, 4.69) is 31.5 Å². The molecule has 0 bridgehead atoms. The summed E-state index contributed by atoms with van der Waals surface area (Å²) in [5.41, 5.74) is -0.740. The third-order valence-corrected chi connectivity index (χ3v) is 4.65. The molecule has 0 aliphatic heterocycles. The summed E-state index contributed by atoms with van der Waals surface area (Å²) < 4.78 is 32.9. The fourth-order valence-electron chi connectivity index (χ4n) is 2.90. The maximum atomic E-state index is 13.5. The lowest BCUT2D eigenvalue weighted by Crippen LogP contribution is -2.51. The molecule has 0 saturated heterocycles. The molecule has 27 heavy (non-hydrogen) atoms. The number of halogens is 3. The molecule has 0 aromatic carbocycles.